The van der Waals surface area contributed by atoms with Gasteiger partial charge in [0.1, 0.15) is 17.0 Å². The molecule has 1 amide bonds. The molecule has 0 fully saturated rings. The first kappa shape index (κ1) is 19.3. The van der Waals surface area contributed by atoms with Crippen LogP contribution in [0.15, 0.2) is 71.1 Å². The van der Waals surface area contributed by atoms with Crippen molar-refractivity contribution in [2.45, 2.75) is 0 Å². The Morgan fingerprint density at radius 3 is 2.62 bits per heavy atom. The minimum absolute atomic E-state index is 0.100. The second kappa shape index (κ2) is 8.52. The zero-order valence-corrected chi connectivity index (χ0v) is 17.7. The first-order valence-corrected chi connectivity index (χ1v) is 9.92. The Kier molecular flexibility index (Phi) is 5.66. The molecule has 3 aromatic carbocycles. The molecular formula is C22H17IN2O4. The number of carbonyl (C=O) groups is 1. The molecule has 0 aliphatic carbocycles. The van der Waals surface area contributed by atoms with Crippen molar-refractivity contribution < 1.29 is 18.7 Å². The summed E-state index contributed by atoms with van der Waals surface area (Å²) in [6.07, 6.45) is 0. The van der Waals surface area contributed by atoms with E-state index in [1.165, 1.54) is 0 Å². The monoisotopic (exact) mass is 500 g/mol. The van der Waals surface area contributed by atoms with Crippen LogP contribution < -0.4 is 14.8 Å². The zero-order valence-electron chi connectivity index (χ0n) is 15.5. The molecule has 1 heterocycles. The van der Waals surface area contributed by atoms with Gasteiger partial charge in [0.25, 0.3) is 5.91 Å². The normalized spacial score (nSPS) is 10.7. The Balaban J connectivity index is 1.43. The number of aromatic nitrogens is 1. The molecule has 146 valence electrons. The number of benzene rings is 3. The average molecular weight is 500 g/mol. The van der Waals surface area contributed by atoms with E-state index in [9.17, 15) is 4.79 Å². The maximum absolute atomic E-state index is 12.2. The number of hydrogen-bond acceptors (Lipinski definition) is 5. The highest BCUT2D eigenvalue weighted by molar-refractivity contribution is 14.1. The molecule has 7 heteroatoms. The molecule has 4 rings (SSSR count). The lowest BCUT2D eigenvalue weighted by Crippen LogP contribution is -2.20. The summed E-state index contributed by atoms with van der Waals surface area (Å²) < 4.78 is 17.5. The molecule has 0 aliphatic heterocycles. The summed E-state index contributed by atoms with van der Waals surface area (Å²) in [6.45, 7) is -0.100. The Labute approximate surface area is 181 Å². The number of hydrogen-bond donors (Lipinski definition) is 1. The van der Waals surface area contributed by atoms with E-state index in [-0.39, 0.29) is 12.5 Å². The molecule has 1 N–H and O–H groups in total. The van der Waals surface area contributed by atoms with Gasteiger partial charge < -0.3 is 19.2 Å². The second-order valence-corrected chi connectivity index (χ2v) is 7.47. The number of amides is 1. The molecule has 6 nitrogen and oxygen atoms in total. The van der Waals surface area contributed by atoms with Gasteiger partial charge in [-0.25, -0.2) is 4.98 Å². The van der Waals surface area contributed by atoms with Crippen LogP contribution >= 0.6 is 22.6 Å². The van der Waals surface area contributed by atoms with E-state index in [0.29, 0.717) is 28.4 Å². The van der Waals surface area contributed by atoms with Crippen molar-refractivity contribution in [3.8, 4) is 23.0 Å². The van der Waals surface area contributed by atoms with Crippen LogP contribution in [0.25, 0.3) is 22.6 Å². The highest BCUT2D eigenvalue weighted by Gasteiger charge is 2.11. The summed E-state index contributed by atoms with van der Waals surface area (Å²) in [7, 11) is 1.60. The molecule has 4 aromatic rings. The number of nitrogens with one attached hydrogen (secondary N) is 1. The molecule has 0 saturated heterocycles. The van der Waals surface area contributed by atoms with Crippen LogP contribution in [0.5, 0.6) is 11.5 Å². The lowest BCUT2D eigenvalue weighted by atomic mass is 10.2. The third-order valence-electron chi connectivity index (χ3n) is 4.17. The van der Waals surface area contributed by atoms with Crippen LogP contribution in [-0.4, -0.2) is 24.6 Å². The lowest BCUT2D eigenvalue weighted by Gasteiger charge is -2.08. The molecule has 0 spiro atoms. The lowest BCUT2D eigenvalue weighted by molar-refractivity contribution is -0.118. The minimum atomic E-state index is -0.263. The van der Waals surface area contributed by atoms with Crippen molar-refractivity contribution in [2.75, 3.05) is 19.0 Å². The van der Waals surface area contributed by atoms with Crippen molar-refractivity contribution in [2.24, 2.45) is 0 Å². The first-order chi connectivity index (χ1) is 14.1. The molecule has 0 atom stereocenters. The molecular weight excluding hydrogens is 483 g/mol. The predicted molar refractivity (Wildman–Crippen MR) is 119 cm³/mol. The van der Waals surface area contributed by atoms with E-state index in [4.69, 9.17) is 13.9 Å². The Hall–Kier alpha value is -3.07. The van der Waals surface area contributed by atoms with Gasteiger partial charge in [0.2, 0.25) is 5.89 Å². The van der Waals surface area contributed by atoms with Crippen LogP contribution in [-0.2, 0) is 4.79 Å². The van der Waals surface area contributed by atoms with E-state index in [1.54, 1.807) is 49.6 Å². The van der Waals surface area contributed by atoms with Crippen molar-refractivity contribution in [1.29, 1.82) is 0 Å². The van der Waals surface area contributed by atoms with E-state index in [0.717, 1.165) is 14.9 Å². The standard InChI is InChI=1S/C22H17IN2O4/c1-27-17-6-8-18(9-7-17)28-13-21(26)24-16-5-10-20-19(12-16)25-22(29-20)14-3-2-4-15(23)11-14/h2-12H,13H2,1H3,(H,24,26). The van der Waals surface area contributed by atoms with Crippen molar-refractivity contribution in [3.05, 3.63) is 70.3 Å². The molecule has 0 aliphatic rings. The largest absolute Gasteiger partial charge is 0.497 e. The van der Waals surface area contributed by atoms with Gasteiger partial charge in [-0.3, -0.25) is 4.79 Å². The molecule has 29 heavy (non-hydrogen) atoms. The van der Waals surface area contributed by atoms with E-state index in [1.807, 2.05) is 24.3 Å². The number of carbonyl (C=O) groups excluding carboxylic acids is 1. The van der Waals surface area contributed by atoms with Crippen molar-refractivity contribution in [1.82, 2.24) is 4.98 Å². The molecule has 0 saturated carbocycles. The molecule has 0 bridgehead atoms. The van der Waals surface area contributed by atoms with E-state index in [2.05, 4.69) is 32.9 Å². The number of ether oxygens (including phenoxy) is 2. The summed E-state index contributed by atoms with van der Waals surface area (Å²) in [5, 5.41) is 2.81. The number of rotatable bonds is 6. The maximum atomic E-state index is 12.2. The topological polar surface area (TPSA) is 73.6 Å². The Morgan fingerprint density at radius 2 is 1.86 bits per heavy atom. The number of fused-ring (bicyclic) bond motifs is 1. The summed E-state index contributed by atoms with van der Waals surface area (Å²) >= 11 is 2.25. The Bertz CT molecular complexity index is 1160. The molecule has 1 aromatic heterocycles. The fourth-order valence-electron chi connectivity index (χ4n) is 2.77. The fourth-order valence-corrected chi connectivity index (χ4v) is 3.31. The van der Waals surface area contributed by atoms with Crippen molar-refractivity contribution >= 4 is 45.3 Å². The third kappa shape index (κ3) is 4.68. The van der Waals surface area contributed by atoms with Gasteiger partial charge in [0, 0.05) is 14.8 Å². The van der Waals surface area contributed by atoms with E-state index < -0.39 is 0 Å². The summed E-state index contributed by atoms with van der Waals surface area (Å²) in [5.41, 5.74) is 2.87. The van der Waals surface area contributed by atoms with Gasteiger partial charge in [-0.2, -0.15) is 0 Å². The minimum Gasteiger partial charge on any atom is -0.497 e. The summed E-state index contributed by atoms with van der Waals surface area (Å²) in [6, 6.07) is 20.3. The molecule has 0 unspecified atom stereocenters. The first-order valence-electron chi connectivity index (χ1n) is 8.84. The predicted octanol–water partition coefficient (Wildman–Crippen LogP) is 5.13. The van der Waals surface area contributed by atoms with E-state index >= 15 is 0 Å². The average Bonchev–Trinajstić information content (AvgIpc) is 3.16. The van der Waals surface area contributed by atoms with Gasteiger partial charge >= 0.3 is 0 Å². The highest BCUT2D eigenvalue weighted by Crippen LogP contribution is 2.27. The highest BCUT2D eigenvalue weighted by atomic mass is 127. The van der Waals surface area contributed by atoms with Gasteiger partial charge in [-0.1, -0.05) is 6.07 Å². The van der Waals surface area contributed by atoms with Gasteiger partial charge in [0.15, 0.2) is 12.2 Å². The van der Waals surface area contributed by atoms with Gasteiger partial charge in [-0.05, 0) is 83.3 Å². The van der Waals surface area contributed by atoms with Crippen LogP contribution in [0.1, 0.15) is 0 Å². The second-order valence-electron chi connectivity index (χ2n) is 6.22. The number of oxazole rings is 1. The summed E-state index contributed by atoms with van der Waals surface area (Å²) in [4.78, 5) is 16.7. The van der Waals surface area contributed by atoms with Crippen LogP contribution in [0.4, 0.5) is 5.69 Å². The zero-order chi connectivity index (χ0) is 20.2. The third-order valence-corrected chi connectivity index (χ3v) is 4.84. The number of nitrogens with zero attached hydrogens (tertiary/aromatic N) is 1. The van der Waals surface area contributed by atoms with Crippen molar-refractivity contribution in [3.63, 3.8) is 0 Å². The number of halogens is 1. The number of methoxy groups -OCH3 is 1. The summed E-state index contributed by atoms with van der Waals surface area (Å²) in [5.74, 6) is 1.61. The van der Waals surface area contributed by atoms with Gasteiger partial charge in [0.05, 0.1) is 7.11 Å². The Morgan fingerprint density at radius 1 is 1.07 bits per heavy atom. The fraction of sp³-hybridized carbons (Fsp3) is 0.0909. The number of anilines is 1. The SMILES string of the molecule is COc1ccc(OCC(=O)Nc2ccc3oc(-c4cccc(I)c4)nc3c2)cc1. The van der Waals surface area contributed by atoms with Crippen LogP contribution in [0, 0.1) is 3.57 Å². The smallest absolute Gasteiger partial charge is 0.262 e. The van der Waals surface area contributed by atoms with Gasteiger partial charge in [-0.15, -0.1) is 0 Å². The molecule has 0 radical (unpaired) electrons. The van der Waals surface area contributed by atoms with Crippen LogP contribution in [0.2, 0.25) is 0 Å². The maximum Gasteiger partial charge on any atom is 0.262 e. The van der Waals surface area contributed by atoms with Crippen LogP contribution in [0.3, 0.4) is 0 Å². The quantitative estimate of drug-likeness (QED) is 0.372.